The van der Waals surface area contributed by atoms with Crippen LogP contribution in [0, 0.1) is 0 Å². The summed E-state index contributed by atoms with van der Waals surface area (Å²) in [5.41, 5.74) is 0. The van der Waals surface area contributed by atoms with Crippen molar-refractivity contribution >= 4 is 6.03 Å². The maximum atomic E-state index is 11.2. The van der Waals surface area contributed by atoms with Gasteiger partial charge in [-0.05, 0) is 19.9 Å². The van der Waals surface area contributed by atoms with Crippen LogP contribution in [-0.2, 0) is 0 Å². The van der Waals surface area contributed by atoms with E-state index < -0.39 is 0 Å². The Balaban J connectivity index is 2.40. The number of piperidine rings is 1. The Hall–Kier alpha value is -0.770. The second-order valence-corrected chi connectivity index (χ2v) is 3.13. The number of hydrogen-bond donors (Lipinski definition) is 2. The van der Waals surface area contributed by atoms with Gasteiger partial charge in [-0.25, -0.2) is 4.79 Å². The van der Waals surface area contributed by atoms with Gasteiger partial charge < -0.3 is 15.5 Å². The van der Waals surface area contributed by atoms with Crippen molar-refractivity contribution < 1.29 is 4.79 Å². The normalized spacial score (nSPS) is 23.8. The van der Waals surface area contributed by atoms with Crippen LogP contribution in [0.15, 0.2) is 0 Å². The number of nitrogens with zero attached hydrogens (tertiary/aromatic N) is 1. The molecule has 12 heavy (non-hydrogen) atoms. The smallest absolute Gasteiger partial charge is 0.317 e. The van der Waals surface area contributed by atoms with E-state index in [2.05, 4.69) is 10.6 Å². The number of likely N-dealkylation sites (tertiary alicyclic amines) is 1. The Morgan fingerprint density at radius 1 is 1.50 bits per heavy atom. The van der Waals surface area contributed by atoms with Gasteiger partial charge in [-0.15, -0.1) is 0 Å². The van der Waals surface area contributed by atoms with Crippen LogP contribution < -0.4 is 10.6 Å². The van der Waals surface area contributed by atoms with E-state index in [0.717, 1.165) is 19.5 Å². The van der Waals surface area contributed by atoms with Crippen molar-refractivity contribution in [3.63, 3.8) is 0 Å². The van der Waals surface area contributed by atoms with Crippen molar-refractivity contribution in [1.29, 1.82) is 0 Å². The molecule has 2 N–H and O–H groups in total. The minimum absolute atomic E-state index is 0.0370. The highest BCUT2D eigenvalue weighted by molar-refractivity contribution is 5.73. The molecule has 1 atom stereocenters. The zero-order valence-electron chi connectivity index (χ0n) is 7.76. The van der Waals surface area contributed by atoms with Crippen LogP contribution in [0.4, 0.5) is 4.79 Å². The first kappa shape index (κ1) is 9.32. The summed E-state index contributed by atoms with van der Waals surface area (Å²) in [7, 11) is 3.61. The average Bonchev–Trinajstić information content (AvgIpc) is 2.17. The molecule has 1 unspecified atom stereocenters. The number of likely N-dealkylation sites (N-methyl/N-ethyl adjacent to an activating group) is 1. The highest BCUT2D eigenvalue weighted by atomic mass is 16.2. The van der Waals surface area contributed by atoms with Gasteiger partial charge in [0.25, 0.3) is 0 Å². The van der Waals surface area contributed by atoms with Crippen LogP contribution in [0.2, 0.25) is 0 Å². The van der Waals surface area contributed by atoms with Gasteiger partial charge in [0, 0.05) is 26.2 Å². The molecule has 1 rings (SSSR count). The quantitative estimate of drug-likeness (QED) is 0.583. The summed E-state index contributed by atoms with van der Waals surface area (Å²) in [5.74, 6) is 0. The van der Waals surface area contributed by atoms with Crippen molar-refractivity contribution in [2.24, 2.45) is 0 Å². The number of urea groups is 1. The van der Waals surface area contributed by atoms with Crippen LogP contribution in [0.5, 0.6) is 0 Å². The Morgan fingerprint density at radius 2 is 2.25 bits per heavy atom. The molecule has 0 radical (unpaired) electrons. The standard InChI is InChI=1S/C8H17N3O/c1-9-7-4-3-5-11(6-7)8(12)10-2/h7,9H,3-6H2,1-2H3,(H,10,12). The molecule has 4 nitrogen and oxygen atoms in total. The Bertz CT molecular complexity index is 160. The Morgan fingerprint density at radius 3 is 2.83 bits per heavy atom. The molecule has 2 amide bonds. The SMILES string of the molecule is CNC(=O)N1CCCC(NC)C1. The molecule has 1 aliphatic heterocycles. The van der Waals surface area contributed by atoms with Gasteiger partial charge in [0.05, 0.1) is 0 Å². The first-order valence-electron chi connectivity index (χ1n) is 4.42. The third kappa shape index (κ3) is 2.11. The minimum atomic E-state index is 0.0370. The molecule has 0 aliphatic carbocycles. The van der Waals surface area contributed by atoms with Crippen LogP contribution in [0.25, 0.3) is 0 Å². The number of hydrogen-bond acceptors (Lipinski definition) is 2. The lowest BCUT2D eigenvalue weighted by atomic mass is 10.1. The maximum absolute atomic E-state index is 11.2. The molecule has 0 aromatic rings. The van der Waals surface area contributed by atoms with E-state index in [1.165, 1.54) is 6.42 Å². The van der Waals surface area contributed by atoms with Gasteiger partial charge in [-0.3, -0.25) is 0 Å². The molecular formula is C8H17N3O. The zero-order chi connectivity index (χ0) is 8.97. The first-order chi connectivity index (χ1) is 5.77. The molecule has 0 bridgehead atoms. The number of carbonyl (C=O) groups is 1. The third-order valence-corrected chi connectivity index (χ3v) is 2.33. The zero-order valence-corrected chi connectivity index (χ0v) is 7.76. The molecular weight excluding hydrogens is 154 g/mol. The molecule has 1 fully saturated rings. The van der Waals surface area contributed by atoms with E-state index in [4.69, 9.17) is 0 Å². The van der Waals surface area contributed by atoms with Gasteiger partial charge in [-0.1, -0.05) is 0 Å². The summed E-state index contributed by atoms with van der Waals surface area (Å²) in [6.45, 7) is 1.72. The van der Waals surface area contributed by atoms with Gasteiger partial charge in [0.2, 0.25) is 0 Å². The summed E-state index contributed by atoms with van der Waals surface area (Å²) in [5, 5.41) is 5.83. The second-order valence-electron chi connectivity index (χ2n) is 3.13. The number of nitrogens with one attached hydrogen (secondary N) is 2. The number of amides is 2. The van der Waals surface area contributed by atoms with E-state index in [-0.39, 0.29) is 6.03 Å². The van der Waals surface area contributed by atoms with E-state index in [9.17, 15) is 4.79 Å². The van der Waals surface area contributed by atoms with Crippen LogP contribution >= 0.6 is 0 Å². The summed E-state index contributed by atoms with van der Waals surface area (Å²) >= 11 is 0. The van der Waals surface area contributed by atoms with Crippen molar-refractivity contribution in [1.82, 2.24) is 15.5 Å². The highest BCUT2D eigenvalue weighted by Crippen LogP contribution is 2.09. The van der Waals surface area contributed by atoms with Gasteiger partial charge in [-0.2, -0.15) is 0 Å². The molecule has 0 aromatic heterocycles. The van der Waals surface area contributed by atoms with Crippen LogP contribution in [0.3, 0.4) is 0 Å². The van der Waals surface area contributed by atoms with Crippen molar-refractivity contribution in [3.05, 3.63) is 0 Å². The van der Waals surface area contributed by atoms with E-state index in [1.807, 2.05) is 11.9 Å². The minimum Gasteiger partial charge on any atom is -0.341 e. The largest absolute Gasteiger partial charge is 0.341 e. The summed E-state index contributed by atoms with van der Waals surface area (Å²) in [4.78, 5) is 13.1. The van der Waals surface area contributed by atoms with Crippen molar-refractivity contribution in [2.75, 3.05) is 27.2 Å². The van der Waals surface area contributed by atoms with Gasteiger partial charge in [0.1, 0.15) is 0 Å². The fourth-order valence-electron chi connectivity index (χ4n) is 1.56. The number of carbonyl (C=O) groups excluding carboxylic acids is 1. The van der Waals surface area contributed by atoms with E-state index >= 15 is 0 Å². The summed E-state index contributed by atoms with van der Waals surface area (Å²) in [6.07, 6.45) is 2.27. The lowest BCUT2D eigenvalue weighted by Crippen LogP contribution is -2.49. The second kappa shape index (κ2) is 4.30. The molecule has 0 spiro atoms. The fourth-order valence-corrected chi connectivity index (χ4v) is 1.56. The molecule has 4 heteroatoms. The average molecular weight is 171 g/mol. The van der Waals surface area contributed by atoms with Gasteiger partial charge >= 0.3 is 6.03 Å². The lowest BCUT2D eigenvalue weighted by Gasteiger charge is -2.32. The first-order valence-corrected chi connectivity index (χ1v) is 4.42. The molecule has 1 saturated heterocycles. The monoisotopic (exact) mass is 171 g/mol. The fraction of sp³-hybridized carbons (Fsp3) is 0.875. The summed E-state index contributed by atoms with van der Waals surface area (Å²) in [6, 6.07) is 0.506. The predicted molar refractivity (Wildman–Crippen MR) is 48.1 cm³/mol. The van der Waals surface area contributed by atoms with E-state index in [1.54, 1.807) is 7.05 Å². The topological polar surface area (TPSA) is 44.4 Å². The Labute approximate surface area is 73.3 Å². The van der Waals surface area contributed by atoms with Gasteiger partial charge in [0.15, 0.2) is 0 Å². The van der Waals surface area contributed by atoms with Crippen molar-refractivity contribution in [2.45, 2.75) is 18.9 Å². The molecule has 1 aliphatic rings. The molecule has 0 aromatic carbocycles. The van der Waals surface area contributed by atoms with Crippen LogP contribution in [0.1, 0.15) is 12.8 Å². The lowest BCUT2D eigenvalue weighted by molar-refractivity contribution is 0.177. The summed E-state index contributed by atoms with van der Waals surface area (Å²) < 4.78 is 0. The maximum Gasteiger partial charge on any atom is 0.317 e. The third-order valence-electron chi connectivity index (χ3n) is 2.33. The molecule has 1 heterocycles. The van der Waals surface area contributed by atoms with Crippen LogP contribution in [-0.4, -0.2) is 44.2 Å². The number of rotatable bonds is 1. The van der Waals surface area contributed by atoms with E-state index in [0.29, 0.717) is 6.04 Å². The Kier molecular flexibility index (Phi) is 3.34. The molecule has 0 saturated carbocycles. The molecule has 70 valence electrons. The highest BCUT2D eigenvalue weighted by Gasteiger charge is 2.21. The van der Waals surface area contributed by atoms with Crippen molar-refractivity contribution in [3.8, 4) is 0 Å². The predicted octanol–water partition coefficient (Wildman–Crippen LogP) is 0.00960.